The third-order valence-corrected chi connectivity index (χ3v) is 3.68. The normalized spacial score (nSPS) is 20.8. The largest absolute Gasteiger partial charge is 0.350 e. The minimum absolute atomic E-state index is 0.00718. The van der Waals surface area contributed by atoms with E-state index in [-0.39, 0.29) is 5.91 Å². The van der Waals surface area contributed by atoms with Crippen LogP contribution in [0.5, 0.6) is 0 Å². The van der Waals surface area contributed by atoms with Crippen LogP contribution in [0.1, 0.15) is 16.9 Å². The number of carbonyl (C=O) groups is 1. The van der Waals surface area contributed by atoms with Crippen LogP contribution in [-0.4, -0.2) is 42.1 Å². The van der Waals surface area contributed by atoms with E-state index in [1.54, 1.807) is 0 Å². The highest BCUT2D eigenvalue weighted by Crippen LogP contribution is 2.15. The van der Waals surface area contributed by atoms with Gasteiger partial charge in [0.25, 0.3) is 5.91 Å². The van der Waals surface area contributed by atoms with Crippen LogP contribution in [0.2, 0.25) is 0 Å². The lowest BCUT2D eigenvalue weighted by molar-refractivity contribution is 0.0939. The van der Waals surface area contributed by atoms with Crippen molar-refractivity contribution in [3.05, 3.63) is 22.4 Å². The molecule has 4 nitrogen and oxygen atoms in total. The summed E-state index contributed by atoms with van der Waals surface area (Å²) in [6.45, 7) is 2.99. The molecule has 1 atom stereocenters. The summed E-state index contributed by atoms with van der Waals surface area (Å²) in [5.41, 5.74) is 0.697. The average molecular weight is 300 g/mol. The van der Waals surface area contributed by atoms with Crippen molar-refractivity contribution in [1.82, 2.24) is 14.8 Å². The summed E-state index contributed by atoms with van der Waals surface area (Å²) in [6.07, 6.45) is 3.06. The second-order valence-corrected chi connectivity index (χ2v) is 5.70. The number of carbonyl (C=O) groups excluding carboxylic acids is 1. The molecule has 1 aromatic heterocycles. The van der Waals surface area contributed by atoms with Crippen LogP contribution in [0.3, 0.4) is 0 Å². The van der Waals surface area contributed by atoms with Gasteiger partial charge in [0, 0.05) is 30.8 Å². The Hall–Kier alpha value is -0.810. The quantitative estimate of drug-likeness (QED) is 0.918. The molecule has 0 aromatic carbocycles. The average Bonchev–Trinajstić information content (AvgIpc) is 2.81. The highest BCUT2D eigenvalue weighted by Gasteiger charge is 2.20. The molecule has 0 bridgehead atoms. The van der Waals surface area contributed by atoms with Gasteiger partial charge in [0.05, 0.1) is 0 Å². The zero-order valence-electron chi connectivity index (χ0n) is 10.2. The van der Waals surface area contributed by atoms with Crippen molar-refractivity contribution in [3.8, 4) is 0 Å². The second kappa shape index (κ2) is 5.23. The topological polar surface area (TPSA) is 37.3 Å². The number of amides is 1. The fourth-order valence-corrected chi connectivity index (χ4v) is 2.79. The van der Waals surface area contributed by atoms with Gasteiger partial charge in [0.2, 0.25) is 0 Å². The molecule has 17 heavy (non-hydrogen) atoms. The molecule has 0 radical (unpaired) electrons. The molecule has 2 heterocycles. The van der Waals surface area contributed by atoms with Crippen LogP contribution >= 0.6 is 15.9 Å². The van der Waals surface area contributed by atoms with E-state index in [2.05, 4.69) is 33.2 Å². The standard InChI is InChI=1S/C12H18BrN3O/c1-15-4-3-9(7-15)6-14-12(17)11-5-10(13)8-16(11)2/h5,8-9H,3-4,6-7H2,1-2H3,(H,14,17). The first kappa shape index (κ1) is 12.6. The Labute approximate surface area is 110 Å². The number of nitrogens with one attached hydrogen (secondary N) is 1. The summed E-state index contributed by atoms with van der Waals surface area (Å²) >= 11 is 3.37. The number of aryl methyl sites for hydroxylation is 1. The molecule has 1 N–H and O–H groups in total. The van der Waals surface area contributed by atoms with E-state index < -0.39 is 0 Å². The Morgan fingerprint density at radius 1 is 1.59 bits per heavy atom. The summed E-state index contributed by atoms with van der Waals surface area (Å²) in [4.78, 5) is 14.3. The monoisotopic (exact) mass is 299 g/mol. The molecule has 2 rings (SSSR count). The fourth-order valence-electron chi connectivity index (χ4n) is 2.27. The van der Waals surface area contributed by atoms with E-state index in [1.807, 2.05) is 23.9 Å². The minimum atomic E-state index is 0.00718. The SMILES string of the molecule is CN1CCC(CNC(=O)c2cc(Br)cn2C)C1. The first-order chi connectivity index (χ1) is 8.06. The van der Waals surface area contributed by atoms with E-state index in [9.17, 15) is 4.79 Å². The highest BCUT2D eigenvalue weighted by molar-refractivity contribution is 9.10. The van der Waals surface area contributed by atoms with E-state index in [0.717, 1.165) is 24.1 Å². The lowest BCUT2D eigenvalue weighted by atomic mass is 10.1. The van der Waals surface area contributed by atoms with E-state index in [0.29, 0.717) is 11.6 Å². The molecule has 1 amide bonds. The van der Waals surface area contributed by atoms with Crippen molar-refractivity contribution in [2.24, 2.45) is 13.0 Å². The molecule has 1 fully saturated rings. The van der Waals surface area contributed by atoms with Gasteiger partial charge in [0.15, 0.2) is 0 Å². The lowest BCUT2D eigenvalue weighted by Crippen LogP contribution is -2.31. The summed E-state index contributed by atoms with van der Waals surface area (Å²) in [7, 11) is 4.00. The van der Waals surface area contributed by atoms with Gasteiger partial charge in [-0.25, -0.2) is 0 Å². The first-order valence-corrected chi connectivity index (χ1v) is 6.64. The van der Waals surface area contributed by atoms with Gasteiger partial charge in [-0.1, -0.05) is 0 Å². The zero-order valence-corrected chi connectivity index (χ0v) is 11.8. The predicted molar refractivity (Wildman–Crippen MR) is 71.1 cm³/mol. The van der Waals surface area contributed by atoms with E-state index >= 15 is 0 Å². The van der Waals surface area contributed by atoms with Gasteiger partial charge in [-0.05, 0) is 47.9 Å². The van der Waals surface area contributed by atoms with Crippen LogP contribution in [0.25, 0.3) is 0 Å². The molecule has 0 aliphatic carbocycles. The number of halogens is 1. The van der Waals surface area contributed by atoms with Crippen LogP contribution in [0, 0.1) is 5.92 Å². The Morgan fingerprint density at radius 3 is 2.88 bits per heavy atom. The van der Waals surface area contributed by atoms with Gasteiger partial charge in [-0.2, -0.15) is 0 Å². The van der Waals surface area contributed by atoms with Crippen LogP contribution < -0.4 is 5.32 Å². The number of likely N-dealkylation sites (tertiary alicyclic amines) is 1. The van der Waals surface area contributed by atoms with Gasteiger partial charge < -0.3 is 14.8 Å². The maximum Gasteiger partial charge on any atom is 0.267 e. The summed E-state index contributed by atoms with van der Waals surface area (Å²) in [5.74, 6) is 0.598. The van der Waals surface area contributed by atoms with Gasteiger partial charge in [-0.3, -0.25) is 4.79 Å². The number of hydrogen-bond acceptors (Lipinski definition) is 2. The van der Waals surface area contributed by atoms with Crippen molar-refractivity contribution in [1.29, 1.82) is 0 Å². The maximum atomic E-state index is 12.0. The molecule has 1 aliphatic heterocycles. The smallest absolute Gasteiger partial charge is 0.267 e. The minimum Gasteiger partial charge on any atom is -0.350 e. The number of aromatic nitrogens is 1. The molecule has 0 spiro atoms. The van der Waals surface area contributed by atoms with Gasteiger partial charge in [0.1, 0.15) is 5.69 Å². The fraction of sp³-hybridized carbons (Fsp3) is 0.583. The van der Waals surface area contributed by atoms with Crippen molar-refractivity contribution >= 4 is 21.8 Å². The molecular formula is C12H18BrN3O. The number of hydrogen-bond donors (Lipinski definition) is 1. The molecule has 94 valence electrons. The highest BCUT2D eigenvalue weighted by atomic mass is 79.9. The zero-order chi connectivity index (χ0) is 12.4. The third-order valence-electron chi connectivity index (χ3n) is 3.24. The predicted octanol–water partition coefficient (Wildman–Crippen LogP) is 1.47. The van der Waals surface area contributed by atoms with Gasteiger partial charge in [-0.15, -0.1) is 0 Å². The van der Waals surface area contributed by atoms with Crippen molar-refractivity contribution < 1.29 is 4.79 Å². The van der Waals surface area contributed by atoms with Crippen LogP contribution in [-0.2, 0) is 7.05 Å². The molecule has 1 aromatic rings. The van der Waals surface area contributed by atoms with Crippen molar-refractivity contribution in [2.45, 2.75) is 6.42 Å². The Morgan fingerprint density at radius 2 is 2.35 bits per heavy atom. The Bertz CT molecular complexity index is 416. The van der Waals surface area contributed by atoms with Gasteiger partial charge >= 0.3 is 0 Å². The van der Waals surface area contributed by atoms with Crippen LogP contribution in [0.15, 0.2) is 16.7 Å². The summed E-state index contributed by atoms with van der Waals surface area (Å²) in [6, 6.07) is 1.84. The third kappa shape index (κ3) is 3.10. The Balaban J connectivity index is 1.87. The molecule has 1 saturated heterocycles. The van der Waals surface area contributed by atoms with E-state index in [1.165, 1.54) is 6.42 Å². The second-order valence-electron chi connectivity index (χ2n) is 4.78. The van der Waals surface area contributed by atoms with Crippen molar-refractivity contribution in [3.63, 3.8) is 0 Å². The number of nitrogens with zero attached hydrogens (tertiary/aromatic N) is 2. The summed E-state index contributed by atoms with van der Waals surface area (Å²) < 4.78 is 2.77. The molecule has 0 saturated carbocycles. The van der Waals surface area contributed by atoms with Crippen molar-refractivity contribution in [2.75, 3.05) is 26.7 Å². The summed E-state index contributed by atoms with van der Waals surface area (Å²) in [5, 5.41) is 3.01. The molecule has 1 unspecified atom stereocenters. The maximum absolute atomic E-state index is 12.0. The van der Waals surface area contributed by atoms with Crippen LogP contribution in [0.4, 0.5) is 0 Å². The first-order valence-electron chi connectivity index (χ1n) is 5.85. The van der Waals surface area contributed by atoms with E-state index in [4.69, 9.17) is 0 Å². The molecule has 1 aliphatic rings. The lowest BCUT2D eigenvalue weighted by Gasteiger charge is -2.11. The Kier molecular flexibility index (Phi) is 3.89. The number of rotatable bonds is 3. The molecular weight excluding hydrogens is 282 g/mol. The molecule has 5 heteroatoms.